The van der Waals surface area contributed by atoms with Crippen molar-refractivity contribution in [1.82, 2.24) is 0 Å². The smallest absolute Gasteiger partial charge is 0.231 e. The molecule has 5 heteroatoms. The van der Waals surface area contributed by atoms with Gasteiger partial charge in [-0.3, -0.25) is 0 Å². The molecule has 0 spiro atoms. The van der Waals surface area contributed by atoms with Crippen LogP contribution in [-0.4, -0.2) is 31.4 Å². The molecule has 104 valence electrons. The van der Waals surface area contributed by atoms with E-state index in [1.807, 2.05) is 25.2 Å². The highest BCUT2D eigenvalue weighted by Gasteiger charge is 2.32. The van der Waals surface area contributed by atoms with E-state index in [9.17, 15) is 5.11 Å². The maximum atomic E-state index is 10.3. The number of ether oxygens (including phenoxy) is 2. The number of alkyl halides is 1. The van der Waals surface area contributed by atoms with Crippen LogP contribution in [0.4, 0.5) is 5.69 Å². The second kappa shape index (κ2) is 4.09. The zero-order chi connectivity index (χ0) is 13.9. The Hall–Kier alpha value is -1.81. The number of benzene rings is 2. The van der Waals surface area contributed by atoms with Gasteiger partial charge in [0.1, 0.15) is 5.75 Å². The SMILES string of the molecule is CN1C[C@@H](CCl)c2c1cc(O)c1ccc3c(c21)OCO3. The van der Waals surface area contributed by atoms with Crippen LogP contribution in [0.25, 0.3) is 10.8 Å². The second-order valence-corrected chi connectivity index (χ2v) is 5.59. The highest BCUT2D eigenvalue weighted by Crippen LogP contribution is 2.51. The molecule has 2 aromatic rings. The summed E-state index contributed by atoms with van der Waals surface area (Å²) in [5.74, 6) is 2.49. The minimum absolute atomic E-state index is 0.222. The number of hydrogen-bond acceptors (Lipinski definition) is 4. The monoisotopic (exact) mass is 291 g/mol. The number of anilines is 1. The number of aromatic hydroxyl groups is 1. The number of halogens is 1. The Bertz CT molecular complexity index is 716. The minimum Gasteiger partial charge on any atom is -0.507 e. The van der Waals surface area contributed by atoms with Crippen molar-refractivity contribution >= 4 is 28.1 Å². The van der Waals surface area contributed by atoms with Crippen molar-refractivity contribution in [1.29, 1.82) is 0 Å². The van der Waals surface area contributed by atoms with Crippen LogP contribution in [0.1, 0.15) is 11.5 Å². The van der Waals surface area contributed by atoms with E-state index in [-0.39, 0.29) is 18.5 Å². The summed E-state index contributed by atoms with van der Waals surface area (Å²) in [5, 5.41) is 12.0. The fourth-order valence-electron chi connectivity index (χ4n) is 3.24. The summed E-state index contributed by atoms with van der Waals surface area (Å²) in [4.78, 5) is 2.12. The van der Waals surface area contributed by atoms with E-state index in [0.29, 0.717) is 5.88 Å². The van der Waals surface area contributed by atoms with Gasteiger partial charge in [-0.2, -0.15) is 0 Å². The molecule has 2 aliphatic rings. The first-order valence-corrected chi connectivity index (χ1v) is 7.09. The average molecular weight is 292 g/mol. The lowest BCUT2D eigenvalue weighted by atomic mass is 9.94. The van der Waals surface area contributed by atoms with Gasteiger partial charge in [-0.1, -0.05) is 0 Å². The molecule has 4 nitrogen and oxygen atoms in total. The van der Waals surface area contributed by atoms with Gasteiger partial charge in [0.15, 0.2) is 11.5 Å². The van der Waals surface area contributed by atoms with Crippen LogP contribution in [0, 0.1) is 0 Å². The summed E-state index contributed by atoms with van der Waals surface area (Å²) in [6.45, 7) is 1.07. The molecular formula is C15H14ClNO3. The number of nitrogens with zero attached hydrogens (tertiary/aromatic N) is 1. The zero-order valence-electron chi connectivity index (χ0n) is 11.0. The van der Waals surface area contributed by atoms with Gasteiger partial charge in [-0.25, -0.2) is 0 Å². The molecule has 1 atom stereocenters. The van der Waals surface area contributed by atoms with E-state index < -0.39 is 0 Å². The van der Waals surface area contributed by atoms with Gasteiger partial charge in [-0.15, -0.1) is 11.6 Å². The first kappa shape index (κ1) is 12.0. The Morgan fingerprint density at radius 2 is 2.25 bits per heavy atom. The Morgan fingerprint density at radius 3 is 3.05 bits per heavy atom. The molecule has 0 unspecified atom stereocenters. The van der Waals surface area contributed by atoms with Gasteiger partial charge in [-0.05, 0) is 17.7 Å². The summed E-state index contributed by atoms with van der Waals surface area (Å²) in [6, 6.07) is 5.53. The van der Waals surface area contributed by atoms with E-state index in [1.165, 1.54) is 0 Å². The van der Waals surface area contributed by atoms with Gasteiger partial charge >= 0.3 is 0 Å². The summed E-state index contributed by atoms with van der Waals surface area (Å²) in [7, 11) is 2.01. The van der Waals surface area contributed by atoms with Crippen molar-refractivity contribution in [2.24, 2.45) is 0 Å². The zero-order valence-corrected chi connectivity index (χ0v) is 11.8. The summed E-state index contributed by atoms with van der Waals surface area (Å²) in [6.07, 6.45) is 0. The fourth-order valence-corrected chi connectivity index (χ4v) is 3.49. The van der Waals surface area contributed by atoms with Crippen molar-refractivity contribution in [3.05, 3.63) is 23.8 Å². The Morgan fingerprint density at radius 1 is 1.40 bits per heavy atom. The van der Waals surface area contributed by atoms with Gasteiger partial charge in [0.2, 0.25) is 6.79 Å². The highest BCUT2D eigenvalue weighted by molar-refractivity contribution is 6.19. The van der Waals surface area contributed by atoms with Crippen molar-refractivity contribution < 1.29 is 14.6 Å². The summed E-state index contributed by atoms with van der Waals surface area (Å²) >= 11 is 6.13. The van der Waals surface area contributed by atoms with Crippen molar-refractivity contribution in [2.75, 3.05) is 31.2 Å². The van der Waals surface area contributed by atoms with Crippen LogP contribution in [0.3, 0.4) is 0 Å². The lowest BCUT2D eigenvalue weighted by Crippen LogP contribution is -2.15. The predicted octanol–water partition coefficient (Wildman–Crippen LogP) is 3.05. The number of rotatable bonds is 1. The third kappa shape index (κ3) is 1.43. The average Bonchev–Trinajstić information content (AvgIpc) is 3.03. The summed E-state index contributed by atoms with van der Waals surface area (Å²) in [5.41, 5.74) is 2.17. The van der Waals surface area contributed by atoms with Crippen molar-refractivity contribution in [2.45, 2.75) is 5.92 Å². The van der Waals surface area contributed by atoms with Crippen LogP contribution in [-0.2, 0) is 0 Å². The minimum atomic E-state index is 0.222. The molecule has 20 heavy (non-hydrogen) atoms. The third-order valence-corrected chi connectivity index (χ3v) is 4.51. The molecule has 2 aliphatic heterocycles. The molecule has 0 amide bonds. The fraction of sp³-hybridized carbons (Fsp3) is 0.333. The molecule has 0 bridgehead atoms. The quantitative estimate of drug-likeness (QED) is 0.820. The molecular weight excluding hydrogens is 278 g/mol. The van der Waals surface area contributed by atoms with Gasteiger partial charge in [0, 0.05) is 47.9 Å². The Kier molecular flexibility index (Phi) is 2.45. The molecule has 0 saturated heterocycles. The largest absolute Gasteiger partial charge is 0.507 e. The normalized spacial score (nSPS) is 19.7. The lowest BCUT2D eigenvalue weighted by molar-refractivity contribution is 0.175. The van der Waals surface area contributed by atoms with Gasteiger partial charge in [0.25, 0.3) is 0 Å². The Balaban J connectivity index is 2.14. The number of fused-ring (bicyclic) bond motifs is 5. The topological polar surface area (TPSA) is 41.9 Å². The lowest BCUT2D eigenvalue weighted by Gasteiger charge is -2.14. The van der Waals surface area contributed by atoms with Crippen LogP contribution in [0.2, 0.25) is 0 Å². The van der Waals surface area contributed by atoms with Crippen molar-refractivity contribution in [3.63, 3.8) is 0 Å². The third-order valence-electron chi connectivity index (χ3n) is 4.13. The van der Waals surface area contributed by atoms with Crippen LogP contribution in [0.5, 0.6) is 17.2 Å². The molecule has 0 aromatic heterocycles. The maximum Gasteiger partial charge on any atom is 0.231 e. The number of phenols is 1. The second-order valence-electron chi connectivity index (χ2n) is 5.28. The predicted molar refractivity (Wildman–Crippen MR) is 78.5 cm³/mol. The molecule has 1 N–H and O–H groups in total. The van der Waals surface area contributed by atoms with E-state index in [2.05, 4.69) is 4.90 Å². The van der Waals surface area contributed by atoms with Crippen LogP contribution < -0.4 is 14.4 Å². The highest BCUT2D eigenvalue weighted by atomic mass is 35.5. The van der Waals surface area contributed by atoms with E-state index >= 15 is 0 Å². The van der Waals surface area contributed by atoms with E-state index in [1.54, 1.807) is 0 Å². The Labute approximate surface area is 121 Å². The first-order valence-electron chi connectivity index (χ1n) is 6.56. The number of likely N-dealkylation sites (N-methyl/N-ethyl adjacent to an activating group) is 1. The molecule has 2 heterocycles. The molecule has 0 fully saturated rings. The maximum absolute atomic E-state index is 10.3. The molecule has 0 aliphatic carbocycles. The molecule has 0 saturated carbocycles. The molecule has 4 rings (SSSR count). The van der Waals surface area contributed by atoms with E-state index in [4.69, 9.17) is 21.1 Å². The summed E-state index contributed by atoms with van der Waals surface area (Å²) < 4.78 is 11.1. The number of phenolic OH excluding ortho intramolecular Hbond substituents is 1. The van der Waals surface area contributed by atoms with Crippen LogP contribution in [0.15, 0.2) is 18.2 Å². The standard InChI is InChI=1S/C15H14ClNO3/c1-17-6-8(5-16)13-10(17)4-11(18)9-2-3-12-15(14(9)13)20-7-19-12/h2-4,8,18H,5-7H2,1H3/t8-/m1/s1. The first-order chi connectivity index (χ1) is 9.70. The van der Waals surface area contributed by atoms with E-state index in [0.717, 1.165) is 40.1 Å². The van der Waals surface area contributed by atoms with Gasteiger partial charge in [0.05, 0.1) is 0 Å². The molecule has 2 aromatic carbocycles. The van der Waals surface area contributed by atoms with Crippen LogP contribution >= 0.6 is 11.6 Å². The number of hydrogen-bond donors (Lipinski definition) is 1. The van der Waals surface area contributed by atoms with Crippen molar-refractivity contribution in [3.8, 4) is 17.2 Å². The van der Waals surface area contributed by atoms with Gasteiger partial charge < -0.3 is 19.5 Å². The molecule has 0 radical (unpaired) electrons.